The van der Waals surface area contributed by atoms with Crippen molar-refractivity contribution < 1.29 is 0 Å². The molecule has 1 saturated carbocycles. The summed E-state index contributed by atoms with van der Waals surface area (Å²) in [6.45, 7) is 0. The van der Waals surface area contributed by atoms with Gasteiger partial charge in [0.25, 0.3) is 0 Å². The van der Waals surface area contributed by atoms with Gasteiger partial charge in [-0.05, 0) is 54.0 Å². The van der Waals surface area contributed by atoms with E-state index in [0.717, 1.165) is 12.3 Å². The van der Waals surface area contributed by atoms with E-state index < -0.39 is 0 Å². The van der Waals surface area contributed by atoms with Gasteiger partial charge in [-0.1, -0.05) is 56.4 Å². The second-order valence-corrected chi connectivity index (χ2v) is 6.39. The van der Waals surface area contributed by atoms with Gasteiger partial charge in [0.15, 0.2) is 0 Å². The molecule has 1 fully saturated rings. The Hall–Kier alpha value is -1.63. The summed E-state index contributed by atoms with van der Waals surface area (Å²) in [6.07, 6.45) is 14.7. The Morgan fingerprint density at radius 2 is 1.38 bits per heavy atom. The number of rotatable bonds is 5. The summed E-state index contributed by atoms with van der Waals surface area (Å²) in [5.41, 5.74) is 4.22. The molecule has 1 heteroatoms. The molecule has 1 aliphatic rings. The van der Waals surface area contributed by atoms with Crippen LogP contribution in [0, 0.1) is 5.92 Å². The number of pyridine rings is 1. The SMILES string of the molecule is c1cc(Cc2ccc(CCC3CCCCC3)cc2)ccn1. The van der Waals surface area contributed by atoms with Crippen molar-refractivity contribution in [2.75, 3.05) is 0 Å². The van der Waals surface area contributed by atoms with E-state index in [1.54, 1.807) is 0 Å². The topological polar surface area (TPSA) is 12.9 Å². The molecule has 1 heterocycles. The predicted octanol–water partition coefficient (Wildman–Crippen LogP) is 5.19. The van der Waals surface area contributed by atoms with Crippen LogP contribution in [0.15, 0.2) is 48.8 Å². The fraction of sp³-hybridized carbons (Fsp3) is 0.450. The molecule has 0 N–H and O–H groups in total. The molecule has 0 saturated heterocycles. The van der Waals surface area contributed by atoms with E-state index in [9.17, 15) is 0 Å². The molecule has 1 aliphatic carbocycles. The first-order chi connectivity index (χ1) is 10.4. The van der Waals surface area contributed by atoms with Gasteiger partial charge in [0, 0.05) is 12.4 Å². The van der Waals surface area contributed by atoms with Crippen LogP contribution >= 0.6 is 0 Å². The highest BCUT2D eigenvalue weighted by Crippen LogP contribution is 2.27. The van der Waals surface area contributed by atoms with Gasteiger partial charge in [0.1, 0.15) is 0 Å². The van der Waals surface area contributed by atoms with E-state index in [-0.39, 0.29) is 0 Å². The number of aryl methyl sites for hydroxylation is 1. The van der Waals surface area contributed by atoms with Crippen LogP contribution < -0.4 is 0 Å². The third kappa shape index (κ3) is 4.42. The second-order valence-electron chi connectivity index (χ2n) is 6.39. The van der Waals surface area contributed by atoms with Crippen molar-refractivity contribution >= 4 is 0 Å². The quantitative estimate of drug-likeness (QED) is 0.734. The summed E-state index contributed by atoms with van der Waals surface area (Å²) in [5, 5.41) is 0. The maximum atomic E-state index is 4.07. The highest BCUT2D eigenvalue weighted by molar-refractivity contribution is 5.27. The van der Waals surface area contributed by atoms with Crippen molar-refractivity contribution in [2.24, 2.45) is 5.92 Å². The molecule has 21 heavy (non-hydrogen) atoms. The number of benzene rings is 1. The maximum Gasteiger partial charge on any atom is 0.0270 e. The molecular weight excluding hydrogens is 254 g/mol. The third-order valence-electron chi connectivity index (χ3n) is 4.75. The minimum atomic E-state index is 0.982. The van der Waals surface area contributed by atoms with Crippen LogP contribution in [0.4, 0.5) is 0 Å². The van der Waals surface area contributed by atoms with E-state index in [1.807, 2.05) is 12.4 Å². The first-order valence-corrected chi connectivity index (χ1v) is 8.37. The van der Waals surface area contributed by atoms with Gasteiger partial charge >= 0.3 is 0 Å². The standard InChI is InChI=1S/C20H25N/c1-2-4-17(5-3-1)6-7-18-8-10-19(11-9-18)16-20-12-14-21-15-13-20/h8-15,17H,1-7,16H2. The van der Waals surface area contributed by atoms with Crippen LogP contribution in [0.2, 0.25) is 0 Å². The lowest BCUT2D eigenvalue weighted by Crippen LogP contribution is -2.07. The van der Waals surface area contributed by atoms with E-state index in [1.165, 1.54) is 61.6 Å². The Bertz CT molecular complexity index is 524. The van der Waals surface area contributed by atoms with Crippen LogP contribution in [0.3, 0.4) is 0 Å². The zero-order valence-electron chi connectivity index (χ0n) is 12.8. The average molecular weight is 279 g/mol. The van der Waals surface area contributed by atoms with E-state index in [2.05, 4.69) is 41.4 Å². The molecule has 0 spiro atoms. The number of aromatic nitrogens is 1. The average Bonchev–Trinajstić information content (AvgIpc) is 2.56. The molecule has 0 unspecified atom stereocenters. The number of nitrogens with zero attached hydrogens (tertiary/aromatic N) is 1. The van der Waals surface area contributed by atoms with Gasteiger partial charge in [0.2, 0.25) is 0 Å². The lowest BCUT2D eigenvalue weighted by atomic mass is 9.85. The first-order valence-electron chi connectivity index (χ1n) is 8.37. The fourth-order valence-electron chi connectivity index (χ4n) is 3.41. The van der Waals surface area contributed by atoms with Crippen LogP contribution in [0.1, 0.15) is 55.2 Å². The van der Waals surface area contributed by atoms with Crippen LogP contribution in [-0.2, 0) is 12.8 Å². The van der Waals surface area contributed by atoms with E-state index >= 15 is 0 Å². The molecule has 0 bridgehead atoms. The summed E-state index contributed by atoms with van der Waals surface area (Å²) < 4.78 is 0. The Morgan fingerprint density at radius 1 is 0.762 bits per heavy atom. The summed E-state index contributed by atoms with van der Waals surface area (Å²) >= 11 is 0. The maximum absolute atomic E-state index is 4.07. The summed E-state index contributed by atoms with van der Waals surface area (Å²) in [4.78, 5) is 4.07. The molecular formula is C20H25N. The largest absolute Gasteiger partial charge is 0.265 e. The van der Waals surface area contributed by atoms with Crippen molar-refractivity contribution in [3.05, 3.63) is 65.5 Å². The van der Waals surface area contributed by atoms with Gasteiger partial charge in [0.05, 0.1) is 0 Å². The molecule has 1 aromatic carbocycles. The van der Waals surface area contributed by atoms with Gasteiger partial charge in [-0.3, -0.25) is 4.98 Å². The van der Waals surface area contributed by atoms with E-state index in [4.69, 9.17) is 0 Å². The zero-order valence-corrected chi connectivity index (χ0v) is 12.8. The van der Waals surface area contributed by atoms with Crippen molar-refractivity contribution in [3.63, 3.8) is 0 Å². The van der Waals surface area contributed by atoms with Crippen LogP contribution in [0.25, 0.3) is 0 Å². The lowest BCUT2D eigenvalue weighted by molar-refractivity contribution is 0.339. The van der Waals surface area contributed by atoms with Gasteiger partial charge in [-0.25, -0.2) is 0 Å². The van der Waals surface area contributed by atoms with Crippen molar-refractivity contribution in [1.82, 2.24) is 4.98 Å². The number of hydrogen-bond donors (Lipinski definition) is 0. The molecule has 1 nitrogen and oxygen atoms in total. The molecule has 3 rings (SSSR count). The minimum absolute atomic E-state index is 0.982. The highest BCUT2D eigenvalue weighted by atomic mass is 14.6. The monoisotopic (exact) mass is 279 g/mol. The Labute approximate surface area is 128 Å². The number of hydrogen-bond acceptors (Lipinski definition) is 1. The smallest absolute Gasteiger partial charge is 0.0270 e. The van der Waals surface area contributed by atoms with Crippen LogP contribution in [-0.4, -0.2) is 4.98 Å². The minimum Gasteiger partial charge on any atom is -0.265 e. The van der Waals surface area contributed by atoms with Crippen molar-refractivity contribution in [2.45, 2.75) is 51.4 Å². The normalized spacial score (nSPS) is 16.0. The van der Waals surface area contributed by atoms with Gasteiger partial charge < -0.3 is 0 Å². The predicted molar refractivity (Wildman–Crippen MR) is 88.4 cm³/mol. The van der Waals surface area contributed by atoms with Gasteiger partial charge in [-0.2, -0.15) is 0 Å². The highest BCUT2D eigenvalue weighted by Gasteiger charge is 2.12. The molecule has 110 valence electrons. The summed E-state index contributed by atoms with van der Waals surface area (Å²) in [5.74, 6) is 0.982. The van der Waals surface area contributed by atoms with Crippen molar-refractivity contribution in [3.8, 4) is 0 Å². The fourth-order valence-corrected chi connectivity index (χ4v) is 3.41. The van der Waals surface area contributed by atoms with Crippen molar-refractivity contribution in [1.29, 1.82) is 0 Å². The summed E-state index contributed by atoms with van der Waals surface area (Å²) in [7, 11) is 0. The summed E-state index contributed by atoms with van der Waals surface area (Å²) in [6, 6.07) is 13.4. The second kappa shape index (κ2) is 7.40. The third-order valence-corrected chi connectivity index (χ3v) is 4.75. The first kappa shape index (κ1) is 14.3. The Morgan fingerprint density at radius 3 is 2.10 bits per heavy atom. The molecule has 0 aliphatic heterocycles. The molecule has 0 amide bonds. The molecule has 0 atom stereocenters. The van der Waals surface area contributed by atoms with Crippen LogP contribution in [0.5, 0.6) is 0 Å². The Kier molecular flexibility index (Phi) is 5.04. The molecule has 0 radical (unpaired) electrons. The lowest BCUT2D eigenvalue weighted by Gasteiger charge is -2.21. The van der Waals surface area contributed by atoms with E-state index in [0.29, 0.717) is 0 Å². The molecule has 1 aromatic heterocycles. The zero-order chi connectivity index (χ0) is 14.3. The Balaban J connectivity index is 1.51. The molecule has 2 aromatic rings. The van der Waals surface area contributed by atoms with Gasteiger partial charge in [-0.15, -0.1) is 0 Å².